The third-order valence-corrected chi connectivity index (χ3v) is 6.42. The molecule has 0 saturated carbocycles. The summed E-state index contributed by atoms with van der Waals surface area (Å²) in [5.74, 6) is 0. The number of aromatic nitrogens is 3. The fraction of sp³-hybridized carbons (Fsp3) is 0.296. The van der Waals surface area contributed by atoms with E-state index in [-0.39, 0.29) is 6.03 Å². The standard InChI is InChI=1S/C23H22ClN7O.C4H8O/c24-17-5-3-4-16(12-17)19-14-27-31-15-18(13-26-22(19)31)28-23(32)29-20-6-1-2-7-21(20)30-10-8-25-9-11-30;1-2-4-5-3-1/h1-7,12-15,25H,8-11H2,(H2,28,29,32);1-4H2. The Bertz CT molecular complexity index is 1340. The highest BCUT2D eigenvalue weighted by atomic mass is 35.5. The maximum absolute atomic E-state index is 12.7. The molecule has 2 aromatic heterocycles. The van der Waals surface area contributed by atoms with Crippen LogP contribution >= 0.6 is 11.6 Å². The molecule has 0 atom stereocenters. The Morgan fingerprint density at radius 3 is 2.57 bits per heavy atom. The zero-order valence-corrected chi connectivity index (χ0v) is 21.2. The van der Waals surface area contributed by atoms with Crippen LogP contribution in [0.5, 0.6) is 0 Å². The fourth-order valence-corrected chi connectivity index (χ4v) is 4.54. The molecule has 2 fully saturated rings. The highest BCUT2D eigenvalue weighted by molar-refractivity contribution is 6.30. The van der Waals surface area contributed by atoms with Gasteiger partial charge in [-0.15, -0.1) is 0 Å². The number of rotatable bonds is 4. The molecule has 0 radical (unpaired) electrons. The predicted octanol–water partition coefficient (Wildman–Crippen LogP) is 4.90. The van der Waals surface area contributed by atoms with Crippen LogP contribution in [0.4, 0.5) is 21.9 Å². The molecule has 2 amide bonds. The van der Waals surface area contributed by atoms with Crippen molar-refractivity contribution in [1.82, 2.24) is 19.9 Å². The Labute approximate surface area is 220 Å². The van der Waals surface area contributed by atoms with Crippen LogP contribution < -0.4 is 20.9 Å². The van der Waals surface area contributed by atoms with Crippen LogP contribution in [0.25, 0.3) is 16.8 Å². The van der Waals surface area contributed by atoms with Crippen LogP contribution in [0.2, 0.25) is 5.02 Å². The molecular formula is C27H30ClN7O2. The van der Waals surface area contributed by atoms with Gasteiger partial charge in [0.1, 0.15) is 0 Å². The van der Waals surface area contributed by atoms with Crippen LogP contribution in [0, 0.1) is 0 Å². The zero-order valence-electron chi connectivity index (χ0n) is 20.5. The van der Waals surface area contributed by atoms with Gasteiger partial charge in [0.05, 0.1) is 35.7 Å². The third kappa shape index (κ3) is 6.37. The summed E-state index contributed by atoms with van der Waals surface area (Å²) in [5.41, 5.74) is 4.80. The number of hydrogen-bond donors (Lipinski definition) is 3. The molecule has 0 aliphatic carbocycles. The minimum atomic E-state index is -0.337. The molecule has 0 bridgehead atoms. The lowest BCUT2D eigenvalue weighted by atomic mass is 10.1. The van der Waals surface area contributed by atoms with E-state index in [0.717, 1.165) is 61.9 Å². The lowest BCUT2D eigenvalue weighted by molar-refractivity contribution is 0.198. The summed E-state index contributed by atoms with van der Waals surface area (Å²) in [6, 6.07) is 15.0. The van der Waals surface area contributed by atoms with Crippen molar-refractivity contribution in [2.24, 2.45) is 0 Å². The molecular weight excluding hydrogens is 490 g/mol. The number of benzene rings is 2. The maximum atomic E-state index is 12.7. The molecule has 0 spiro atoms. The maximum Gasteiger partial charge on any atom is 0.323 e. The van der Waals surface area contributed by atoms with Gasteiger partial charge in [0.2, 0.25) is 0 Å². The van der Waals surface area contributed by atoms with E-state index in [1.807, 2.05) is 48.5 Å². The van der Waals surface area contributed by atoms with E-state index in [1.165, 1.54) is 12.8 Å². The number of carbonyl (C=O) groups is 1. The number of amides is 2. The van der Waals surface area contributed by atoms with E-state index >= 15 is 0 Å². The molecule has 3 N–H and O–H groups in total. The van der Waals surface area contributed by atoms with Crippen molar-refractivity contribution < 1.29 is 9.53 Å². The van der Waals surface area contributed by atoms with E-state index in [9.17, 15) is 4.79 Å². The number of fused-ring (bicyclic) bond motifs is 1. The van der Waals surface area contributed by atoms with Crippen LogP contribution in [0.3, 0.4) is 0 Å². The molecule has 2 saturated heterocycles. The first-order valence-corrected chi connectivity index (χ1v) is 12.8. The van der Waals surface area contributed by atoms with Gasteiger partial charge < -0.3 is 25.6 Å². The van der Waals surface area contributed by atoms with E-state index < -0.39 is 0 Å². The highest BCUT2D eigenvalue weighted by Crippen LogP contribution is 2.27. The SMILES string of the molecule is C1CCOC1.O=C(Nc1cnc2c(-c3cccc(Cl)c3)cnn2c1)Nc1ccccc1N1CCNCC1. The average Bonchev–Trinajstić information content (AvgIpc) is 3.63. The van der Waals surface area contributed by atoms with Crippen LogP contribution in [0.1, 0.15) is 12.8 Å². The van der Waals surface area contributed by atoms with Crippen LogP contribution in [0.15, 0.2) is 67.1 Å². The first-order valence-electron chi connectivity index (χ1n) is 12.5. The van der Waals surface area contributed by atoms with E-state index in [0.29, 0.717) is 16.4 Å². The van der Waals surface area contributed by atoms with Crippen molar-refractivity contribution in [3.8, 4) is 11.1 Å². The van der Waals surface area contributed by atoms with Gasteiger partial charge in [0.15, 0.2) is 5.65 Å². The molecule has 0 unspecified atom stereocenters. The monoisotopic (exact) mass is 519 g/mol. The van der Waals surface area contributed by atoms with Crippen molar-refractivity contribution in [3.05, 3.63) is 72.1 Å². The fourth-order valence-electron chi connectivity index (χ4n) is 4.35. The molecule has 2 aliphatic rings. The highest BCUT2D eigenvalue weighted by Gasteiger charge is 2.16. The second-order valence-corrected chi connectivity index (χ2v) is 9.27. The summed E-state index contributed by atoms with van der Waals surface area (Å²) in [6.07, 6.45) is 7.65. The van der Waals surface area contributed by atoms with Gasteiger partial charge in [-0.2, -0.15) is 5.10 Å². The molecule has 10 heteroatoms. The lowest BCUT2D eigenvalue weighted by Crippen LogP contribution is -2.43. The second kappa shape index (κ2) is 12.1. The van der Waals surface area contributed by atoms with E-state index in [1.54, 1.807) is 23.1 Å². The van der Waals surface area contributed by atoms with Crippen molar-refractivity contribution in [2.45, 2.75) is 12.8 Å². The smallest absolute Gasteiger partial charge is 0.323 e. The number of carbonyl (C=O) groups excluding carboxylic acids is 1. The number of halogens is 1. The molecule has 192 valence electrons. The quantitative estimate of drug-likeness (QED) is 0.355. The Morgan fingerprint density at radius 1 is 1.00 bits per heavy atom. The minimum Gasteiger partial charge on any atom is -0.381 e. The number of nitrogens with zero attached hydrogens (tertiary/aromatic N) is 4. The topological polar surface area (TPSA) is 95.8 Å². The van der Waals surface area contributed by atoms with E-state index in [4.69, 9.17) is 16.3 Å². The van der Waals surface area contributed by atoms with Crippen LogP contribution in [-0.4, -0.2) is 60.0 Å². The molecule has 2 aliphatic heterocycles. The molecule has 2 aromatic carbocycles. The van der Waals surface area contributed by atoms with Gasteiger partial charge in [-0.1, -0.05) is 35.9 Å². The zero-order chi connectivity index (χ0) is 25.5. The number of urea groups is 1. The average molecular weight is 520 g/mol. The number of hydrogen-bond acceptors (Lipinski definition) is 6. The first kappa shape index (κ1) is 25.0. The van der Waals surface area contributed by atoms with Gasteiger partial charge in [0, 0.05) is 50.0 Å². The summed E-state index contributed by atoms with van der Waals surface area (Å²) < 4.78 is 6.58. The lowest BCUT2D eigenvalue weighted by Gasteiger charge is -2.31. The summed E-state index contributed by atoms with van der Waals surface area (Å²) in [7, 11) is 0. The van der Waals surface area contributed by atoms with Crippen molar-refractivity contribution >= 4 is 40.3 Å². The number of anilines is 3. The molecule has 9 nitrogen and oxygen atoms in total. The van der Waals surface area contributed by atoms with Gasteiger partial charge in [0.25, 0.3) is 0 Å². The number of nitrogens with one attached hydrogen (secondary N) is 3. The third-order valence-electron chi connectivity index (χ3n) is 6.19. The van der Waals surface area contributed by atoms with Crippen LogP contribution in [-0.2, 0) is 4.74 Å². The first-order chi connectivity index (χ1) is 18.2. The van der Waals surface area contributed by atoms with Gasteiger partial charge in [-0.3, -0.25) is 0 Å². The summed E-state index contributed by atoms with van der Waals surface area (Å²) in [4.78, 5) is 19.5. The van der Waals surface area contributed by atoms with Crippen molar-refractivity contribution in [1.29, 1.82) is 0 Å². The normalized spacial score (nSPS) is 15.2. The second-order valence-electron chi connectivity index (χ2n) is 8.83. The summed E-state index contributed by atoms with van der Waals surface area (Å²) in [5, 5.41) is 14.2. The molecule has 37 heavy (non-hydrogen) atoms. The van der Waals surface area contributed by atoms with E-state index in [2.05, 4.69) is 30.9 Å². The largest absolute Gasteiger partial charge is 0.381 e. The van der Waals surface area contributed by atoms with Gasteiger partial charge in [-0.05, 0) is 42.7 Å². The number of ether oxygens (including phenoxy) is 1. The summed E-state index contributed by atoms with van der Waals surface area (Å²) >= 11 is 6.11. The number of piperazine rings is 1. The Morgan fingerprint density at radius 2 is 1.81 bits per heavy atom. The Balaban J connectivity index is 0.000000503. The van der Waals surface area contributed by atoms with Gasteiger partial charge >= 0.3 is 6.03 Å². The van der Waals surface area contributed by atoms with Gasteiger partial charge in [-0.25, -0.2) is 14.3 Å². The molecule has 4 aromatic rings. The predicted molar refractivity (Wildman–Crippen MR) is 148 cm³/mol. The summed E-state index contributed by atoms with van der Waals surface area (Å²) in [6.45, 7) is 5.64. The minimum absolute atomic E-state index is 0.337. The molecule has 4 heterocycles. The number of para-hydroxylation sites is 2. The molecule has 6 rings (SSSR count). The van der Waals surface area contributed by atoms with Crippen molar-refractivity contribution in [2.75, 3.05) is 54.9 Å². The Hall–Kier alpha value is -3.66. The Kier molecular flexibility index (Phi) is 8.15. The van der Waals surface area contributed by atoms with Crippen molar-refractivity contribution in [3.63, 3.8) is 0 Å².